The first kappa shape index (κ1) is 21.1. The van der Waals surface area contributed by atoms with Gasteiger partial charge in [0.25, 0.3) is 0 Å². The molecule has 0 unspecified atom stereocenters. The molecule has 3 aromatic rings. The molecule has 5 nitrogen and oxygen atoms in total. The number of phenolic OH excluding ortho intramolecular Hbond substituents is 1. The van der Waals surface area contributed by atoms with Crippen LogP contribution in [0.25, 0.3) is 0 Å². The van der Waals surface area contributed by atoms with Crippen molar-refractivity contribution in [3.05, 3.63) is 83.7 Å². The lowest BCUT2D eigenvalue weighted by molar-refractivity contribution is 0.108. The third kappa shape index (κ3) is 5.11. The van der Waals surface area contributed by atoms with Crippen LogP contribution in [-0.2, 0) is 0 Å². The number of aryl methyl sites for hydroxylation is 1. The number of halogens is 1. The van der Waals surface area contributed by atoms with Gasteiger partial charge < -0.3 is 19.6 Å². The van der Waals surface area contributed by atoms with E-state index in [9.17, 15) is 14.3 Å². The molecule has 0 aliphatic carbocycles. The minimum absolute atomic E-state index is 0.0941. The van der Waals surface area contributed by atoms with E-state index in [2.05, 4.69) is 14.5 Å². The molecule has 1 aliphatic heterocycles. The molecule has 4 rings (SSSR count). The first-order chi connectivity index (χ1) is 15.0. The largest absolute Gasteiger partial charge is 0.508 e. The summed E-state index contributed by atoms with van der Waals surface area (Å²) in [5, 5.41) is 9.63. The van der Waals surface area contributed by atoms with E-state index in [0.29, 0.717) is 17.0 Å². The highest BCUT2D eigenvalue weighted by Gasteiger charge is 2.18. The smallest absolute Gasteiger partial charge is 0.239 e. The lowest BCUT2D eigenvalue weighted by Gasteiger charge is -2.37. The summed E-state index contributed by atoms with van der Waals surface area (Å²) in [6.07, 6.45) is 0. The molecule has 1 aliphatic rings. The number of aromatic hydroxyl groups is 1. The maximum atomic E-state index is 13.0. The van der Waals surface area contributed by atoms with E-state index < -0.39 is 0 Å². The summed E-state index contributed by atoms with van der Waals surface area (Å²) in [6.45, 7) is 5.46. The van der Waals surface area contributed by atoms with E-state index in [-0.39, 0.29) is 10.9 Å². The van der Waals surface area contributed by atoms with Crippen molar-refractivity contribution in [3.8, 4) is 5.75 Å². The topological polar surface area (TPSA) is 55.8 Å². The van der Waals surface area contributed by atoms with Crippen molar-refractivity contribution in [1.29, 1.82) is 0 Å². The molecule has 0 saturated carbocycles. The Bertz CT molecular complexity index is 1050. The molecule has 0 amide bonds. The number of carbonyl (C=O) groups is 1. The van der Waals surface area contributed by atoms with Gasteiger partial charge in [0.05, 0.1) is 0 Å². The number of hydrogen-bond donors (Lipinski definition) is 2. The number of nitrogens with one attached hydrogen (secondary N) is 1. The van der Waals surface area contributed by atoms with Crippen molar-refractivity contribution in [2.24, 2.45) is 0 Å². The SMILES string of the molecule is Cc1cc(N2CCN(c3ccc(C(=O)SNc4ccc(F)cc4)cc3)CC2)ccc1O. The van der Waals surface area contributed by atoms with Gasteiger partial charge >= 0.3 is 0 Å². The Balaban J connectivity index is 1.31. The summed E-state index contributed by atoms with van der Waals surface area (Å²) in [6, 6.07) is 19.2. The van der Waals surface area contributed by atoms with Gasteiger partial charge in [-0.3, -0.25) is 4.79 Å². The quantitative estimate of drug-likeness (QED) is 0.544. The summed E-state index contributed by atoms with van der Waals surface area (Å²) in [7, 11) is 0. The number of carbonyl (C=O) groups excluding carboxylic acids is 1. The highest BCUT2D eigenvalue weighted by atomic mass is 32.2. The van der Waals surface area contributed by atoms with Crippen molar-refractivity contribution < 1.29 is 14.3 Å². The van der Waals surface area contributed by atoms with E-state index in [4.69, 9.17) is 0 Å². The van der Waals surface area contributed by atoms with Gasteiger partial charge in [0.2, 0.25) is 5.12 Å². The lowest BCUT2D eigenvalue weighted by Crippen LogP contribution is -2.46. The molecular weight excluding hydrogens is 413 g/mol. The van der Waals surface area contributed by atoms with Crippen molar-refractivity contribution in [2.45, 2.75) is 6.92 Å². The van der Waals surface area contributed by atoms with Crippen LogP contribution in [0.2, 0.25) is 0 Å². The molecule has 2 N–H and O–H groups in total. The number of rotatable bonds is 5. The molecule has 31 heavy (non-hydrogen) atoms. The third-order valence-electron chi connectivity index (χ3n) is 5.40. The van der Waals surface area contributed by atoms with Gasteiger partial charge in [0.1, 0.15) is 11.6 Å². The first-order valence-corrected chi connectivity index (χ1v) is 10.9. The summed E-state index contributed by atoms with van der Waals surface area (Å²) in [5.74, 6) is 0.0135. The van der Waals surface area contributed by atoms with E-state index >= 15 is 0 Å². The molecular formula is C24H24FN3O2S. The number of piperazine rings is 1. The van der Waals surface area contributed by atoms with Gasteiger partial charge in [-0.2, -0.15) is 0 Å². The van der Waals surface area contributed by atoms with Crippen LogP contribution in [0.15, 0.2) is 66.7 Å². The van der Waals surface area contributed by atoms with Gasteiger partial charge in [0, 0.05) is 60.8 Å². The second-order valence-electron chi connectivity index (χ2n) is 7.49. The summed E-state index contributed by atoms with van der Waals surface area (Å²) >= 11 is 0.980. The first-order valence-electron chi connectivity index (χ1n) is 10.1. The zero-order valence-electron chi connectivity index (χ0n) is 17.2. The van der Waals surface area contributed by atoms with Gasteiger partial charge in [-0.15, -0.1) is 0 Å². The van der Waals surface area contributed by atoms with Crippen molar-refractivity contribution in [3.63, 3.8) is 0 Å². The molecule has 0 bridgehead atoms. The van der Waals surface area contributed by atoms with E-state index in [1.807, 2.05) is 43.3 Å². The van der Waals surface area contributed by atoms with Crippen LogP contribution in [-0.4, -0.2) is 36.4 Å². The maximum Gasteiger partial charge on any atom is 0.239 e. The average molecular weight is 438 g/mol. The molecule has 160 valence electrons. The Hall–Kier alpha value is -3.19. The number of anilines is 3. The van der Waals surface area contributed by atoms with E-state index in [0.717, 1.165) is 55.1 Å². The Morgan fingerprint density at radius 1 is 0.903 bits per heavy atom. The second-order valence-corrected chi connectivity index (χ2v) is 8.27. The Kier molecular flexibility index (Phi) is 6.32. The summed E-state index contributed by atoms with van der Waals surface area (Å²) in [4.78, 5) is 17.0. The molecule has 0 radical (unpaired) electrons. The Morgan fingerprint density at radius 3 is 2.10 bits per heavy atom. The number of phenols is 1. The van der Waals surface area contributed by atoms with Crippen molar-refractivity contribution in [1.82, 2.24) is 0 Å². The number of benzene rings is 3. The standard InChI is InChI=1S/C24H24FN3O2S/c1-17-16-22(10-11-23(17)29)28-14-12-27(13-15-28)21-8-2-18(3-9-21)24(30)31-26-20-6-4-19(25)5-7-20/h2-11,16,26,29H,12-15H2,1H3. The monoisotopic (exact) mass is 437 g/mol. The fraction of sp³-hybridized carbons (Fsp3) is 0.208. The molecule has 1 saturated heterocycles. The van der Waals surface area contributed by atoms with Crippen molar-refractivity contribution >= 4 is 34.1 Å². The van der Waals surface area contributed by atoms with Crippen LogP contribution in [0.3, 0.4) is 0 Å². The van der Waals surface area contributed by atoms with E-state index in [1.165, 1.54) is 12.1 Å². The van der Waals surface area contributed by atoms with Crippen LogP contribution in [0.5, 0.6) is 5.75 Å². The predicted molar refractivity (Wildman–Crippen MR) is 126 cm³/mol. The van der Waals surface area contributed by atoms with Crippen molar-refractivity contribution in [2.75, 3.05) is 40.7 Å². The van der Waals surface area contributed by atoms with Crippen LogP contribution >= 0.6 is 11.9 Å². The zero-order chi connectivity index (χ0) is 21.8. The molecule has 1 fully saturated rings. The fourth-order valence-corrected chi connectivity index (χ4v) is 4.15. The average Bonchev–Trinajstić information content (AvgIpc) is 2.80. The molecule has 0 atom stereocenters. The summed E-state index contributed by atoms with van der Waals surface area (Å²) in [5.41, 5.74) is 4.39. The Labute approximate surface area is 185 Å². The molecule has 7 heteroatoms. The van der Waals surface area contributed by atoms with E-state index in [1.54, 1.807) is 18.2 Å². The molecule has 3 aromatic carbocycles. The van der Waals surface area contributed by atoms with Crippen LogP contribution < -0.4 is 14.5 Å². The highest BCUT2D eigenvalue weighted by molar-refractivity contribution is 8.15. The van der Waals surface area contributed by atoms with Gasteiger partial charge in [-0.25, -0.2) is 4.39 Å². The van der Waals surface area contributed by atoms with Crippen LogP contribution in [0, 0.1) is 12.7 Å². The molecule has 1 heterocycles. The minimum Gasteiger partial charge on any atom is -0.508 e. The zero-order valence-corrected chi connectivity index (χ0v) is 18.0. The third-order valence-corrected chi connectivity index (χ3v) is 6.16. The van der Waals surface area contributed by atoms with Gasteiger partial charge in [0.15, 0.2) is 0 Å². The summed E-state index contributed by atoms with van der Waals surface area (Å²) < 4.78 is 15.9. The normalized spacial score (nSPS) is 13.9. The molecule has 0 spiro atoms. The van der Waals surface area contributed by atoms with Gasteiger partial charge in [-0.1, -0.05) is 0 Å². The fourth-order valence-electron chi connectivity index (χ4n) is 3.55. The molecule has 0 aromatic heterocycles. The minimum atomic E-state index is -0.309. The number of nitrogens with zero attached hydrogens (tertiary/aromatic N) is 2. The van der Waals surface area contributed by atoms with Gasteiger partial charge in [-0.05, 0) is 79.2 Å². The Morgan fingerprint density at radius 2 is 1.48 bits per heavy atom. The second kappa shape index (κ2) is 9.31. The number of hydrogen-bond acceptors (Lipinski definition) is 6. The predicted octanol–water partition coefficient (Wildman–Crippen LogP) is 5.07. The van der Waals surface area contributed by atoms with Crippen LogP contribution in [0.4, 0.5) is 21.5 Å². The maximum absolute atomic E-state index is 13.0. The highest BCUT2D eigenvalue weighted by Crippen LogP contribution is 2.26. The lowest BCUT2D eigenvalue weighted by atomic mass is 10.1. The van der Waals surface area contributed by atoms with Crippen LogP contribution in [0.1, 0.15) is 15.9 Å².